The summed E-state index contributed by atoms with van der Waals surface area (Å²) < 4.78 is 14.8. The molecule has 0 spiro atoms. The first-order valence-electron chi connectivity index (χ1n) is 7.49. The van der Waals surface area contributed by atoms with Gasteiger partial charge in [0.1, 0.15) is 17.7 Å². The summed E-state index contributed by atoms with van der Waals surface area (Å²) in [6.07, 6.45) is 3.51. The van der Waals surface area contributed by atoms with E-state index >= 15 is 0 Å². The number of anilines is 1. The van der Waals surface area contributed by atoms with Crippen LogP contribution in [0, 0.1) is 5.82 Å². The number of amides is 2. The molecule has 3 aromatic rings. The van der Waals surface area contributed by atoms with Crippen LogP contribution < -0.4 is 10.6 Å². The average Bonchev–Trinajstić information content (AvgIpc) is 3.01. The van der Waals surface area contributed by atoms with Crippen LogP contribution in [0.25, 0.3) is 0 Å². The fraction of sp³-hybridized carbons (Fsp3) is 0.111. The highest BCUT2D eigenvalue weighted by molar-refractivity contribution is 5.89. The van der Waals surface area contributed by atoms with Crippen molar-refractivity contribution in [3.8, 4) is 0 Å². The normalized spacial score (nSPS) is 11.8. The maximum absolute atomic E-state index is 12.9. The van der Waals surface area contributed by atoms with E-state index in [1.807, 2.05) is 48.1 Å². The fourth-order valence-corrected chi connectivity index (χ4v) is 2.43. The molecule has 0 saturated heterocycles. The first-order valence-corrected chi connectivity index (χ1v) is 7.49. The molecule has 1 atom stereocenters. The standard InChI is InChI=1S/C18H17FN4O/c1-23-12-11-20-17(23)16(13-5-3-2-4-6-13)22-18(24)21-15-9-7-14(19)8-10-15/h2-12,16H,1H3,(H2,21,22,24)/t16-/m0/s1. The Morgan fingerprint density at radius 2 is 1.83 bits per heavy atom. The average molecular weight is 324 g/mol. The second kappa shape index (κ2) is 6.95. The summed E-state index contributed by atoms with van der Waals surface area (Å²) in [6, 6.07) is 14.4. The number of hydrogen-bond donors (Lipinski definition) is 2. The van der Waals surface area contributed by atoms with E-state index in [0.717, 1.165) is 11.4 Å². The molecule has 0 aliphatic carbocycles. The number of nitrogens with zero attached hydrogens (tertiary/aromatic N) is 2. The van der Waals surface area contributed by atoms with E-state index in [1.54, 1.807) is 6.20 Å². The topological polar surface area (TPSA) is 59.0 Å². The predicted octanol–water partition coefficient (Wildman–Crippen LogP) is 3.47. The molecule has 2 N–H and O–H groups in total. The van der Waals surface area contributed by atoms with Crippen molar-refractivity contribution in [2.75, 3.05) is 5.32 Å². The summed E-state index contributed by atoms with van der Waals surface area (Å²) in [5, 5.41) is 5.61. The van der Waals surface area contributed by atoms with Crippen LogP contribution in [-0.4, -0.2) is 15.6 Å². The van der Waals surface area contributed by atoms with Crippen LogP contribution in [0.1, 0.15) is 17.4 Å². The van der Waals surface area contributed by atoms with Crippen molar-refractivity contribution in [2.45, 2.75) is 6.04 Å². The van der Waals surface area contributed by atoms with Crippen molar-refractivity contribution in [3.63, 3.8) is 0 Å². The Hall–Kier alpha value is -3.15. The maximum Gasteiger partial charge on any atom is 0.320 e. The first kappa shape index (κ1) is 15.7. The lowest BCUT2D eigenvalue weighted by atomic mass is 10.1. The third-order valence-corrected chi connectivity index (χ3v) is 3.63. The number of urea groups is 1. The Balaban J connectivity index is 1.80. The molecule has 0 bridgehead atoms. The Labute approximate surface area is 139 Å². The minimum Gasteiger partial charge on any atom is -0.336 e. The molecule has 24 heavy (non-hydrogen) atoms. The monoisotopic (exact) mass is 324 g/mol. The SMILES string of the molecule is Cn1ccnc1[C@@H](NC(=O)Nc1ccc(F)cc1)c1ccccc1. The van der Waals surface area contributed by atoms with E-state index in [0.29, 0.717) is 5.69 Å². The van der Waals surface area contributed by atoms with Crippen LogP contribution in [0.2, 0.25) is 0 Å². The molecule has 0 aliphatic heterocycles. The summed E-state index contributed by atoms with van der Waals surface area (Å²) in [5.41, 5.74) is 1.43. The van der Waals surface area contributed by atoms with Crippen LogP contribution in [0.3, 0.4) is 0 Å². The number of rotatable bonds is 4. The quantitative estimate of drug-likeness (QED) is 0.772. The molecule has 1 heterocycles. The number of imidazole rings is 1. The van der Waals surface area contributed by atoms with Crippen molar-refractivity contribution < 1.29 is 9.18 Å². The van der Waals surface area contributed by atoms with E-state index in [2.05, 4.69) is 15.6 Å². The second-order valence-electron chi connectivity index (χ2n) is 5.35. The van der Waals surface area contributed by atoms with Gasteiger partial charge in [-0.3, -0.25) is 0 Å². The molecule has 6 heteroatoms. The third-order valence-electron chi connectivity index (χ3n) is 3.63. The Morgan fingerprint density at radius 3 is 2.46 bits per heavy atom. The minimum absolute atomic E-state index is 0.351. The van der Waals surface area contributed by atoms with Crippen LogP contribution in [0.4, 0.5) is 14.9 Å². The van der Waals surface area contributed by atoms with Gasteiger partial charge in [0.2, 0.25) is 0 Å². The number of halogens is 1. The number of aromatic nitrogens is 2. The number of carbonyl (C=O) groups is 1. The molecule has 5 nitrogen and oxygen atoms in total. The molecular formula is C18H17FN4O. The molecule has 0 fully saturated rings. The third kappa shape index (κ3) is 3.60. The van der Waals surface area contributed by atoms with Crippen molar-refractivity contribution in [1.29, 1.82) is 0 Å². The molecule has 2 amide bonds. The summed E-state index contributed by atoms with van der Waals surface area (Å²) in [5.74, 6) is 0.367. The molecule has 0 unspecified atom stereocenters. The largest absolute Gasteiger partial charge is 0.336 e. The van der Waals surface area contributed by atoms with Crippen molar-refractivity contribution in [2.24, 2.45) is 7.05 Å². The molecule has 3 rings (SSSR count). The molecule has 2 aromatic carbocycles. The lowest BCUT2D eigenvalue weighted by molar-refractivity contribution is 0.249. The van der Waals surface area contributed by atoms with Crippen molar-refractivity contribution in [1.82, 2.24) is 14.9 Å². The van der Waals surface area contributed by atoms with Crippen LogP contribution >= 0.6 is 0 Å². The molecule has 0 radical (unpaired) electrons. The molecule has 122 valence electrons. The summed E-state index contributed by atoms with van der Waals surface area (Å²) >= 11 is 0. The Morgan fingerprint density at radius 1 is 1.12 bits per heavy atom. The van der Waals surface area contributed by atoms with Gasteiger partial charge in [-0.05, 0) is 29.8 Å². The summed E-state index contributed by atoms with van der Waals surface area (Å²) in [7, 11) is 1.87. The molecule has 1 aromatic heterocycles. The van der Waals surface area contributed by atoms with E-state index in [1.165, 1.54) is 24.3 Å². The van der Waals surface area contributed by atoms with Gasteiger partial charge in [-0.25, -0.2) is 14.2 Å². The lowest BCUT2D eigenvalue weighted by Gasteiger charge is -2.19. The number of nitrogens with one attached hydrogen (secondary N) is 2. The maximum atomic E-state index is 12.9. The van der Waals surface area contributed by atoms with E-state index < -0.39 is 12.1 Å². The summed E-state index contributed by atoms with van der Waals surface area (Å²) in [4.78, 5) is 16.7. The van der Waals surface area contributed by atoms with Gasteiger partial charge >= 0.3 is 6.03 Å². The van der Waals surface area contributed by atoms with Crippen molar-refractivity contribution in [3.05, 3.63) is 84.2 Å². The van der Waals surface area contributed by atoms with Crippen LogP contribution in [0.15, 0.2) is 67.0 Å². The van der Waals surface area contributed by atoms with Crippen LogP contribution in [-0.2, 0) is 7.05 Å². The second-order valence-corrected chi connectivity index (χ2v) is 5.35. The van der Waals surface area contributed by atoms with Gasteiger partial charge < -0.3 is 15.2 Å². The fourth-order valence-electron chi connectivity index (χ4n) is 2.43. The van der Waals surface area contributed by atoms with E-state index in [9.17, 15) is 9.18 Å². The van der Waals surface area contributed by atoms with Crippen molar-refractivity contribution >= 4 is 11.7 Å². The lowest BCUT2D eigenvalue weighted by Crippen LogP contribution is -2.34. The number of hydrogen-bond acceptors (Lipinski definition) is 2. The van der Waals surface area contributed by atoms with Gasteiger partial charge in [0.15, 0.2) is 0 Å². The van der Waals surface area contributed by atoms with Gasteiger partial charge in [0.25, 0.3) is 0 Å². The number of benzene rings is 2. The zero-order chi connectivity index (χ0) is 16.9. The smallest absolute Gasteiger partial charge is 0.320 e. The molecule has 0 aliphatic rings. The van der Waals surface area contributed by atoms with Crippen LogP contribution in [0.5, 0.6) is 0 Å². The molecular weight excluding hydrogens is 307 g/mol. The molecule has 0 saturated carbocycles. The van der Waals surface area contributed by atoms with E-state index in [-0.39, 0.29) is 5.82 Å². The van der Waals surface area contributed by atoms with Gasteiger partial charge in [0, 0.05) is 25.1 Å². The van der Waals surface area contributed by atoms with Gasteiger partial charge in [-0.2, -0.15) is 0 Å². The van der Waals surface area contributed by atoms with Gasteiger partial charge in [-0.1, -0.05) is 30.3 Å². The summed E-state index contributed by atoms with van der Waals surface area (Å²) in [6.45, 7) is 0. The van der Waals surface area contributed by atoms with E-state index in [4.69, 9.17) is 0 Å². The predicted molar refractivity (Wildman–Crippen MR) is 90.0 cm³/mol. The number of carbonyl (C=O) groups excluding carboxylic acids is 1. The number of aryl methyl sites for hydroxylation is 1. The van der Waals surface area contributed by atoms with Gasteiger partial charge in [0.05, 0.1) is 0 Å². The zero-order valence-corrected chi connectivity index (χ0v) is 13.1. The minimum atomic E-state index is -0.397. The van der Waals surface area contributed by atoms with Gasteiger partial charge in [-0.15, -0.1) is 0 Å². The zero-order valence-electron chi connectivity index (χ0n) is 13.1. The highest BCUT2D eigenvalue weighted by Crippen LogP contribution is 2.20. The Kier molecular flexibility index (Phi) is 4.56. The first-order chi connectivity index (χ1) is 11.6. The Bertz CT molecular complexity index is 815. The highest BCUT2D eigenvalue weighted by Gasteiger charge is 2.20. The highest BCUT2D eigenvalue weighted by atomic mass is 19.1.